The van der Waals surface area contributed by atoms with Gasteiger partial charge in [0, 0.05) is 15.8 Å². The first-order valence-corrected chi connectivity index (χ1v) is 9.83. The summed E-state index contributed by atoms with van der Waals surface area (Å²) in [7, 11) is 2.09. The van der Waals surface area contributed by atoms with Crippen molar-refractivity contribution in [1.82, 2.24) is 5.32 Å². The van der Waals surface area contributed by atoms with Crippen molar-refractivity contribution in [2.24, 2.45) is 0 Å². The molecule has 1 atom stereocenters. The molecule has 1 rings (SSSR count). The lowest BCUT2D eigenvalue weighted by Gasteiger charge is -2.14. The molecule has 0 aliphatic rings. The first kappa shape index (κ1) is 18.7. The minimum Gasteiger partial charge on any atom is -0.312 e. The summed E-state index contributed by atoms with van der Waals surface area (Å²) in [4.78, 5) is 2.93. The van der Waals surface area contributed by atoms with Crippen LogP contribution in [0.4, 0.5) is 0 Å². The van der Waals surface area contributed by atoms with Gasteiger partial charge in [0.05, 0.1) is 0 Å². The molecular formula is C19H35NS. The summed E-state index contributed by atoms with van der Waals surface area (Å²) >= 11 is 1.94. The summed E-state index contributed by atoms with van der Waals surface area (Å²) in [5.41, 5.74) is 0. The fourth-order valence-electron chi connectivity index (χ4n) is 2.91. The summed E-state index contributed by atoms with van der Waals surface area (Å²) in [5, 5.41) is 3.47. The van der Waals surface area contributed by atoms with Gasteiger partial charge in [0.1, 0.15) is 0 Å². The third kappa shape index (κ3) is 8.63. The van der Waals surface area contributed by atoms with E-state index in [1.165, 1.54) is 80.4 Å². The van der Waals surface area contributed by atoms with Crippen LogP contribution < -0.4 is 5.32 Å². The number of thiophene rings is 1. The molecule has 1 heterocycles. The van der Waals surface area contributed by atoms with Gasteiger partial charge in [0.15, 0.2) is 0 Å². The Morgan fingerprint density at radius 3 is 1.95 bits per heavy atom. The molecule has 1 nitrogen and oxygen atoms in total. The van der Waals surface area contributed by atoms with Crippen molar-refractivity contribution in [1.29, 1.82) is 0 Å². The molecule has 0 radical (unpaired) electrons. The van der Waals surface area contributed by atoms with Crippen LogP contribution in [-0.2, 0) is 0 Å². The topological polar surface area (TPSA) is 12.0 Å². The first-order chi connectivity index (χ1) is 10.3. The van der Waals surface area contributed by atoms with Crippen molar-refractivity contribution in [3.05, 3.63) is 21.9 Å². The van der Waals surface area contributed by atoms with E-state index in [2.05, 4.69) is 38.3 Å². The van der Waals surface area contributed by atoms with Crippen LogP contribution in [0.2, 0.25) is 0 Å². The number of aryl methyl sites for hydroxylation is 1. The lowest BCUT2D eigenvalue weighted by molar-refractivity contribution is 0.497. The second-order valence-corrected chi connectivity index (χ2v) is 7.58. The van der Waals surface area contributed by atoms with Crippen LogP contribution in [-0.4, -0.2) is 7.05 Å². The molecule has 0 saturated heterocycles. The van der Waals surface area contributed by atoms with Crippen molar-refractivity contribution in [3.8, 4) is 0 Å². The summed E-state index contributed by atoms with van der Waals surface area (Å²) < 4.78 is 0. The predicted octanol–water partition coefficient (Wildman–Crippen LogP) is 6.63. The fourth-order valence-corrected chi connectivity index (χ4v) is 3.93. The van der Waals surface area contributed by atoms with E-state index in [0.717, 1.165) is 0 Å². The van der Waals surface area contributed by atoms with Crippen LogP contribution in [0.5, 0.6) is 0 Å². The highest BCUT2D eigenvalue weighted by molar-refractivity contribution is 7.12. The van der Waals surface area contributed by atoms with Gasteiger partial charge in [0.25, 0.3) is 0 Å². The third-order valence-electron chi connectivity index (χ3n) is 4.30. The average Bonchev–Trinajstić information content (AvgIpc) is 2.91. The molecule has 0 aromatic carbocycles. The zero-order valence-corrected chi connectivity index (χ0v) is 15.2. The van der Waals surface area contributed by atoms with E-state index < -0.39 is 0 Å². The van der Waals surface area contributed by atoms with Crippen molar-refractivity contribution in [2.75, 3.05) is 7.05 Å². The molecule has 0 saturated carbocycles. The van der Waals surface area contributed by atoms with Crippen LogP contribution in [0, 0.1) is 6.92 Å². The van der Waals surface area contributed by atoms with Gasteiger partial charge in [-0.15, -0.1) is 11.3 Å². The Morgan fingerprint density at radius 1 is 0.905 bits per heavy atom. The van der Waals surface area contributed by atoms with Gasteiger partial charge in [-0.3, -0.25) is 0 Å². The molecule has 0 bridgehead atoms. The first-order valence-electron chi connectivity index (χ1n) is 9.01. The minimum absolute atomic E-state index is 0.567. The summed E-state index contributed by atoms with van der Waals surface area (Å²) in [5.74, 6) is 0. The van der Waals surface area contributed by atoms with Crippen LogP contribution >= 0.6 is 11.3 Å². The average molecular weight is 310 g/mol. The van der Waals surface area contributed by atoms with Gasteiger partial charge < -0.3 is 5.32 Å². The molecule has 0 aliphatic heterocycles. The van der Waals surface area contributed by atoms with E-state index >= 15 is 0 Å². The Balaban J connectivity index is 1.98. The van der Waals surface area contributed by atoms with Crippen molar-refractivity contribution in [3.63, 3.8) is 0 Å². The maximum absolute atomic E-state index is 3.47. The molecule has 0 amide bonds. The quantitative estimate of drug-likeness (QED) is 0.403. The monoisotopic (exact) mass is 309 g/mol. The van der Waals surface area contributed by atoms with Crippen LogP contribution in [0.3, 0.4) is 0 Å². The lowest BCUT2D eigenvalue weighted by atomic mass is 10.0. The highest BCUT2D eigenvalue weighted by Crippen LogP contribution is 2.26. The molecular weight excluding hydrogens is 274 g/mol. The molecule has 1 unspecified atom stereocenters. The molecule has 1 aromatic heterocycles. The minimum atomic E-state index is 0.567. The Labute approximate surface area is 136 Å². The van der Waals surface area contributed by atoms with Crippen molar-refractivity contribution in [2.45, 2.75) is 90.5 Å². The fraction of sp³-hybridized carbons (Fsp3) is 0.789. The summed E-state index contributed by atoms with van der Waals surface area (Å²) in [6.45, 7) is 4.48. The Kier molecular flexibility index (Phi) is 10.9. The molecule has 0 aliphatic carbocycles. The zero-order valence-electron chi connectivity index (χ0n) is 14.4. The molecule has 0 fully saturated rings. The maximum atomic E-state index is 3.47. The van der Waals surface area contributed by atoms with Crippen molar-refractivity contribution < 1.29 is 0 Å². The third-order valence-corrected chi connectivity index (χ3v) is 5.41. The smallest absolute Gasteiger partial charge is 0.0412 e. The number of unbranched alkanes of at least 4 members (excludes halogenated alkanes) is 9. The van der Waals surface area contributed by atoms with E-state index in [1.807, 2.05) is 11.3 Å². The Hall–Kier alpha value is -0.340. The Bertz CT molecular complexity index is 345. The number of nitrogens with one attached hydrogen (secondary N) is 1. The molecule has 122 valence electrons. The van der Waals surface area contributed by atoms with E-state index in [4.69, 9.17) is 0 Å². The molecule has 1 N–H and O–H groups in total. The predicted molar refractivity (Wildman–Crippen MR) is 97.3 cm³/mol. The number of hydrogen-bond acceptors (Lipinski definition) is 2. The van der Waals surface area contributed by atoms with Gasteiger partial charge in [-0.1, -0.05) is 71.1 Å². The second-order valence-electron chi connectivity index (χ2n) is 6.26. The molecule has 21 heavy (non-hydrogen) atoms. The second kappa shape index (κ2) is 12.2. The lowest BCUT2D eigenvalue weighted by Crippen LogP contribution is -2.14. The van der Waals surface area contributed by atoms with Crippen LogP contribution in [0.15, 0.2) is 12.1 Å². The largest absolute Gasteiger partial charge is 0.312 e. The maximum Gasteiger partial charge on any atom is 0.0412 e. The van der Waals surface area contributed by atoms with Gasteiger partial charge in [-0.2, -0.15) is 0 Å². The number of hydrogen-bond donors (Lipinski definition) is 1. The van der Waals surface area contributed by atoms with E-state index in [-0.39, 0.29) is 0 Å². The SMILES string of the molecule is CCCCCCCCCCCCC(NC)c1ccc(C)s1. The van der Waals surface area contributed by atoms with Gasteiger partial charge >= 0.3 is 0 Å². The normalized spacial score (nSPS) is 12.7. The van der Waals surface area contributed by atoms with Crippen LogP contribution in [0.25, 0.3) is 0 Å². The molecule has 0 spiro atoms. The van der Waals surface area contributed by atoms with Gasteiger partial charge in [-0.25, -0.2) is 0 Å². The van der Waals surface area contributed by atoms with E-state index in [0.29, 0.717) is 6.04 Å². The highest BCUT2D eigenvalue weighted by Gasteiger charge is 2.10. The molecule has 1 aromatic rings. The summed E-state index contributed by atoms with van der Waals surface area (Å²) in [6, 6.07) is 5.10. The molecule has 2 heteroatoms. The van der Waals surface area contributed by atoms with E-state index in [9.17, 15) is 0 Å². The summed E-state index contributed by atoms with van der Waals surface area (Å²) in [6.07, 6.45) is 15.5. The van der Waals surface area contributed by atoms with Gasteiger partial charge in [0.2, 0.25) is 0 Å². The number of rotatable bonds is 13. The van der Waals surface area contributed by atoms with Crippen molar-refractivity contribution >= 4 is 11.3 Å². The zero-order chi connectivity index (χ0) is 15.3. The highest BCUT2D eigenvalue weighted by atomic mass is 32.1. The van der Waals surface area contributed by atoms with Crippen LogP contribution in [0.1, 0.15) is 93.3 Å². The van der Waals surface area contributed by atoms with Gasteiger partial charge in [-0.05, 0) is 32.5 Å². The standard InChI is InChI=1S/C19H35NS/c1-4-5-6-7-8-9-10-11-12-13-14-18(20-3)19-16-15-17(2)21-19/h15-16,18,20H,4-14H2,1-3H3. The Morgan fingerprint density at radius 2 is 1.48 bits per heavy atom. The van der Waals surface area contributed by atoms with E-state index in [1.54, 1.807) is 0 Å².